The highest BCUT2D eigenvalue weighted by Gasteiger charge is 2.57. The van der Waals surface area contributed by atoms with Gasteiger partial charge in [-0.15, -0.1) is 0 Å². The van der Waals surface area contributed by atoms with E-state index in [9.17, 15) is 9.59 Å². The summed E-state index contributed by atoms with van der Waals surface area (Å²) in [5.74, 6) is 0.00758. The van der Waals surface area contributed by atoms with E-state index in [0.29, 0.717) is 6.54 Å². The number of hydrogen-bond donors (Lipinski definition) is 1. The summed E-state index contributed by atoms with van der Waals surface area (Å²) >= 11 is 0. The molecule has 4 nitrogen and oxygen atoms in total. The molecular weight excluding hydrogens is 432 g/mol. The lowest BCUT2D eigenvalue weighted by atomic mass is 9.71. The normalized spacial score (nSPS) is 22.2. The molecule has 0 radical (unpaired) electrons. The van der Waals surface area contributed by atoms with E-state index in [0.717, 1.165) is 62.3 Å². The predicted molar refractivity (Wildman–Crippen MR) is 140 cm³/mol. The molecular formula is C31H32N2O2. The fourth-order valence-electron chi connectivity index (χ4n) is 7.41. The van der Waals surface area contributed by atoms with E-state index in [1.807, 2.05) is 0 Å². The Kier molecular flexibility index (Phi) is 4.73. The minimum Gasteiger partial charge on any atom is -0.290 e. The van der Waals surface area contributed by atoms with Gasteiger partial charge in [0.25, 0.3) is 0 Å². The van der Waals surface area contributed by atoms with Crippen LogP contribution in [0.15, 0.2) is 54.6 Å². The monoisotopic (exact) mass is 464 g/mol. The Morgan fingerprint density at radius 3 is 1.74 bits per heavy atom. The van der Waals surface area contributed by atoms with Crippen LogP contribution in [0, 0.1) is 0 Å². The Balaban J connectivity index is 1.36. The van der Waals surface area contributed by atoms with Crippen molar-refractivity contribution in [3.63, 3.8) is 0 Å². The van der Waals surface area contributed by atoms with E-state index in [2.05, 4.69) is 59.9 Å². The van der Waals surface area contributed by atoms with Crippen molar-refractivity contribution in [2.45, 2.75) is 81.8 Å². The van der Waals surface area contributed by atoms with Crippen LogP contribution >= 0.6 is 0 Å². The van der Waals surface area contributed by atoms with E-state index in [-0.39, 0.29) is 11.8 Å². The maximum atomic E-state index is 14.1. The average Bonchev–Trinajstić information content (AvgIpc) is 2.90. The van der Waals surface area contributed by atoms with Crippen molar-refractivity contribution in [2.24, 2.45) is 0 Å². The lowest BCUT2D eigenvalue weighted by molar-refractivity contribution is -0.165. The van der Waals surface area contributed by atoms with Gasteiger partial charge in [0, 0.05) is 0 Å². The molecule has 4 aromatic carbocycles. The number of benzene rings is 4. The van der Waals surface area contributed by atoms with Crippen molar-refractivity contribution >= 4 is 44.1 Å². The third-order valence-corrected chi connectivity index (χ3v) is 9.15. The highest BCUT2D eigenvalue weighted by molar-refractivity contribution is 6.23. The lowest BCUT2D eigenvalue weighted by Crippen LogP contribution is -2.76. The van der Waals surface area contributed by atoms with Crippen LogP contribution < -0.4 is 5.32 Å². The van der Waals surface area contributed by atoms with Crippen LogP contribution in [0.25, 0.3) is 32.3 Å². The average molecular weight is 465 g/mol. The first kappa shape index (κ1) is 21.3. The second-order valence-electron chi connectivity index (χ2n) is 11.2. The summed E-state index contributed by atoms with van der Waals surface area (Å²) in [6, 6.07) is 19.5. The van der Waals surface area contributed by atoms with E-state index in [1.54, 1.807) is 4.90 Å². The summed E-state index contributed by atoms with van der Waals surface area (Å²) in [5, 5.41) is 11.1. The van der Waals surface area contributed by atoms with Crippen molar-refractivity contribution in [2.75, 3.05) is 0 Å². The summed E-state index contributed by atoms with van der Waals surface area (Å²) in [4.78, 5) is 29.8. The molecule has 7 rings (SSSR count). The number of carbonyl (C=O) groups is 2. The summed E-state index contributed by atoms with van der Waals surface area (Å²) in [6.45, 7) is 0.358. The van der Waals surface area contributed by atoms with Crippen molar-refractivity contribution in [3.8, 4) is 0 Å². The quantitative estimate of drug-likeness (QED) is 0.274. The fourth-order valence-corrected chi connectivity index (χ4v) is 7.41. The molecule has 4 heteroatoms. The van der Waals surface area contributed by atoms with Gasteiger partial charge in [-0.05, 0) is 63.6 Å². The van der Waals surface area contributed by atoms with Gasteiger partial charge in [-0.2, -0.15) is 0 Å². The third-order valence-electron chi connectivity index (χ3n) is 9.15. The Hall–Kier alpha value is -2.98. The van der Waals surface area contributed by atoms with Crippen LogP contribution in [-0.2, 0) is 16.1 Å². The molecule has 1 heterocycles. The van der Waals surface area contributed by atoms with E-state index in [4.69, 9.17) is 0 Å². The number of carbonyl (C=O) groups excluding carboxylic acids is 2. The number of hydrogen-bond acceptors (Lipinski definition) is 3. The van der Waals surface area contributed by atoms with Crippen molar-refractivity contribution in [1.82, 2.24) is 10.2 Å². The molecule has 0 aromatic heterocycles. The molecule has 3 aliphatic rings. The van der Waals surface area contributed by atoms with E-state index < -0.39 is 11.1 Å². The summed E-state index contributed by atoms with van der Waals surface area (Å²) in [6.07, 6.45) is 9.92. The number of piperazine rings is 1. The number of imide groups is 1. The SMILES string of the molecule is O=C1N(Cc2ccc3ccc4cccc5ccc2c3c45)C(=O)C2(CCCCC2)NC12CCCCC2. The highest BCUT2D eigenvalue weighted by Crippen LogP contribution is 2.43. The van der Waals surface area contributed by atoms with Crippen LogP contribution in [0.5, 0.6) is 0 Å². The van der Waals surface area contributed by atoms with Gasteiger partial charge in [0.2, 0.25) is 11.8 Å². The molecule has 0 atom stereocenters. The second kappa shape index (κ2) is 7.76. The minimum atomic E-state index is -0.576. The van der Waals surface area contributed by atoms with Gasteiger partial charge in [-0.3, -0.25) is 19.8 Å². The van der Waals surface area contributed by atoms with Crippen LogP contribution in [-0.4, -0.2) is 27.8 Å². The zero-order valence-electron chi connectivity index (χ0n) is 20.2. The Morgan fingerprint density at radius 1 is 0.629 bits per heavy atom. The molecule has 1 N–H and O–H groups in total. The van der Waals surface area contributed by atoms with E-state index in [1.165, 1.54) is 39.8 Å². The lowest BCUT2D eigenvalue weighted by Gasteiger charge is -2.53. The van der Waals surface area contributed by atoms with Crippen molar-refractivity contribution in [1.29, 1.82) is 0 Å². The summed E-state index contributed by atoms with van der Waals surface area (Å²) < 4.78 is 0. The summed E-state index contributed by atoms with van der Waals surface area (Å²) in [5.41, 5.74) is -0.0862. The molecule has 3 fully saturated rings. The zero-order chi connectivity index (χ0) is 23.6. The molecule has 2 spiro atoms. The fraction of sp³-hybridized carbons (Fsp3) is 0.419. The molecule has 2 amide bonds. The Bertz CT molecular complexity index is 1410. The molecule has 1 saturated heterocycles. The highest BCUT2D eigenvalue weighted by atomic mass is 16.2. The first-order valence-corrected chi connectivity index (χ1v) is 13.4. The zero-order valence-corrected chi connectivity index (χ0v) is 20.2. The smallest absolute Gasteiger partial charge is 0.249 e. The second-order valence-corrected chi connectivity index (χ2v) is 11.2. The number of amides is 2. The van der Waals surface area contributed by atoms with Gasteiger partial charge >= 0.3 is 0 Å². The minimum absolute atomic E-state index is 0.00379. The van der Waals surface area contributed by atoms with Crippen LogP contribution in [0.4, 0.5) is 0 Å². The maximum Gasteiger partial charge on any atom is 0.249 e. The molecule has 0 bridgehead atoms. The molecule has 2 saturated carbocycles. The number of nitrogens with one attached hydrogen (secondary N) is 1. The van der Waals surface area contributed by atoms with Crippen LogP contribution in [0.1, 0.15) is 69.8 Å². The molecule has 4 aromatic rings. The van der Waals surface area contributed by atoms with Gasteiger partial charge in [0.15, 0.2) is 0 Å². The van der Waals surface area contributed by atoms with Gasteiger partial charge in [0.05, 0.1) is 17.6 Å². The van der Waals surface area contributed by atoms with Crippen LogP contribution in [0.2, 0.25) is 0 Å². The van der Waals surface area contributed by atoms with Crippen LogP contribution in [0.3, 0.4) is 0 Å². The molecule has 1 aliphatic heterocycles. The van der Waals surface area contributed by atoms with Crippen molar-refractivity contribution < 1.29 is 9.59 Å². The first-order chi connectivity index (χ1) is 17.1. The summed E-state index contributed by atoms with van der Waals surface area (Å²) in [7, 11) is 0. The maximum absolute atomic E-state index is 14.1. The topological polar surface area (TPSA) is 49.4 Å². The molecule has 178 valence electrons. The molecule has 0 unspecified atom stereocenters. The molecule has 35 heavy (non-hydrogen) atoms. The first-order valence-electron chi connectivity index (χ1n) is 13.4. The number of rotatable bonds is 2. The van der Waals surface area contributed by atoms with E-state index >= 15 is 0 Å². The van der Waals surface area contributed by atoms with Crippen molar-refractivity contribution in [3.05, 3.63) is 60.2 Å². The largest absolute Gasteiger partial charge is 0.290 e. The number of nitrogens with zero attached hydrogens (tertiary/aromatic N) is 1. The standard InChI is InChI=1S/C31H32N2O2/c34-28-30(16-3-1-4-17-30)32-31(18-5-2-6-19-31)29(35)33(28)20-24-13-12-23-11-10-21-8-7-9-22-14-15-25(24)27(23)26(21)22/h7-15,32H,1-6,16-20H2. The predicted octanol–water partition coefficient (Wildman–Crippen LogP) is 6.45. The van der Waals surface area contributed by atoms with Gasteiger partial charge in [0.1, 0.15) is 0 Å². The Morgan fingerprint density at radius 2 is 1.14 bits per heavy atom. The van der Waals surface area contributed by atoms with Gasteiger partial charge in [-0.1, -0.05) is 93.1 Å². The Labute approximate surface area is 206 Å². The molecule has 2 aliphatic carbocycles. The van der Waals surface area contributed by atoms with Gasteiger partial charge in [-0.25, -0.2) is 0 Å². The van der Waals surface area contributed by atoms with Gasteiger partial charge < -0.3 is 0 Å². The third kappa shape index (κ3) is 3.09.